The normalized spacial score (nSPS) is 13.2. The Balaban J connectivity index is 1.75. The standard InChI is InChI=1S/C23H24N8O4/c1-5-31-11-14-18(30-31)19(29-23(2,33)22-24-7-6-8-25-22)17(21(32)28-14)20-26-12-9-15(34-3)16(35-4)10-13(12)27-20/h6-11,29,33H,5H2,1-4H3,(H,26,27)(H,28,32). The molecule has 4 heterocycles. The van der Waals surface area contributed by atoms with E-state index in [1.165, 1.54) is 26.4 Å². The van der Waals surface area contributed by atoms with E-state index in [0.29, 0.717) is 40.1 Å². The zero-order valence-electron chi connectivity index (χ0n) is 19.6. The molecular formula is C23H24N8O4. The molecule has 0 amide bonds. The molecule has 4 N–H and O–H groups in total. The Morgan fingerprint density at radius 1 is 1.11 bits per heavy atom. The van der Waals surface area contributed by atoms with Crippen LogP contribution >= 0.6 is 0 Å². The molecule has 12 nitrogen and oxygen atoms in total. The molecule has 0 aliphatic carbocycles. The average Bonchev–Trinajstić information content (AvgIpc) is 3.46. The SMILES string of the molecule is CCn1cc2[nH]c(=O)c(-c3nc4cc(OC)c(OC)cc4[nH]3)c(NC(C)(O)c3ncccn3)c2n1. The van der Waals surface area contributed by atoms with E-state index >= 15 is 0 Å². The van der Waals surface area contributed by atoms with Gasteiger partial charge in [0.05, 0.1) is 36.5 Å². The number of aryl methyl sites for hydroxylation is 1. The van der Waals surface area contributed by atoms with E-state index < -0.39 is 11.3 Å². The second kappa shape index (κ2) is 8.40. The summed E-state index contributed by atoms with van der Waals surface area (Å²) in [4.78, 5) is 32.3. The van der Waals surface area contributed by atoms with Crippen LogP contribution in [0.3, 0.4) is 0 Å². The van der Waals surface area contributed by atoms with Crippen molar-refractivity contribution in [3.8, 4) is 22.9 Å². The average molecular weight is 476 g/mol. The van der Waals surface area contributed by atoms with Gasteiger partial charge in [0, 0.05) is 37.3 Å². The van der Waals surface area contributed by atoms with Crippen molar-refractivity contribution in [1.29, 1.82) is 0 Å². The first-order chi connectivity index (χ1) is 16.8. The van der Waals surface area contributed by atoms with Gasteiger partial charge in [0.15, 0.2) is 23.0 Å². The Kier molecular flexibility index (Phi) is 5.36. The van der Waals surface area contributed by atoms with Crippen molar-refractivity contribution < 1.29 is 14.6 Å². The monoisotopic (exact) mass is 476 g/mol. The highest BCUT2D eigenvalue weighted by molar-refractivity contribution is 5.97. The lowest BCUT2D eigenvalue weighted by atomic mass is 10.1. The molecule has 1 atom stereocenters. The second-order valence-corrected chi connectivity index (χ2v) is 8.03. The lowest BCUT2D eigenvalue weighted by Crippen LogP contribution is -2.34. The third-order valence-electron chi connectivity index (χ3n) is 5.64. The first-order valence-corrected chi connectivity index (χ1v) is 10.9. The second-order valence-electron chi connectivity index (χ2n) is 8.03. The van der Waals surface area contributed by atoms with Crippen LogP contribution in [0.2, 0.25) is 0 Å². The predicted molar refractivity (Wildman–Crippen MR) is 129 cm³/mol. The number of aromatic nitrogens is 7. The molecule has 180 valence electrons. The number of aliphatic hydroxyl groups is 1. The highest BCUT2D eigenvalue weighted by Gasteiger charge is 2.31. The zero-order chi connectivity index (χ0) is 24.7. The van der Waals surface area contributed by atoms with E-state index in [2.05, 4.69) is 35.3 Å². The summed E-state index contributed by atoms with van der Waals surface area (Å²) in [7, 11) is 3.08. The Morgan fingerprint density at radius 2 is 1.83 bits per heavy atom. The number of fused-ring (bicyclic) bond motifs is 2. The smallest absolute Gasteiger partial charge is 0.261 e. The van der Waals surface area contributed by atoms with Crippen molar-refractivity contribution in [2.75, 3.05) is 19.5 Å². The van der Waals surface area contributed by atoms with E-state index in [4.69, 9.17) is 9.47 Å². The van der Waals surface area contributed by atoms with Gasteiger partial charge in [0.25, 0.3) is 5.56 Å². The number of H-pyrrole nitrogens is 2. The first-order valence-electron chi connectivity index (χ1n) is 10.9. The number of benzene rings is 1. The van der Waals surface area contributed by atoms with E-state index in [1.807, 2.05) is 6.92 Å². The number of nitrogens with zero attached hydrogens (tertiary/aromatic N) is 5. The molecule has 0 saturated heterocycles. The minimum absolute atomic E-state index is 0.133. The predicted octanol–water partition coefficient (Wildman–Crippen LogP) is 2.37. The molecular weight excluding hydrogens is 452 g/mol. The van der Waals surface area contributed by atoms with Gasteiger partial charge in [-0.15, -0.1) is 0 Å². The maximum Gasteiger partial charge on any atom is 0.261 e. The Hall–Kier alpha value is -4.45. The fourth-order valence-electron chi connectivity index (χ4n) is 3.93. The van der Waals surface area contributed by atoms with Crippen LogP contribution in [-0.2, 0) is 12.3 Å². The topological polar surface area (TPSA) is 156 Å². The van der Waals surface area contributed by atoms with Crippen LogP contribution in [0.5, 0.6) is 11.5 Å². The van der Waals surface area contributed by atoms with Gasteiger partial charge < -0.3 is 29.9 Å². The molecule has 1 unspecified atom stereocenters. The minimum atomic E-state index is -1.72. The van der Waals surface area contributed by atoms with Gasteiger partial charge in [0.1, 0.15) is 16.9 Å². The molecule has 12 heteroatoms. The van der Waals surface area contributed by atoms with Crippen molar-refractivity contribution >= 4 is 27.8 Å². The Labute approximate surface area is 199 Å². The molecule has 35 heavy (non-hydrogen) atoms. The molecule has 4 aromatic heterocycles. The number of aromatic amines is 2. The Morgan fingerprint density at radius 3 is 2.51 bits per heavy atom. The minimum Gasteiger partial charge on any atom is -0.493 e. The number of imidazole rings is 1. The van der Waals surface area contributed by atoms with E-state index in [1.54, 1.807) is 36.2 Å². The maximum absolute atomic E-state index is 13.3. The van der Waals surface area contributed by atoms with Crippen molar-refractivity contribution in [2.24, 2.45) is 0 Å². The van der Waals surface area contributed by atoms with E-state index in [9.17, 15) is 9.90 Å². The van der Waals surface area contributed by atoms with Gasteiger partial charge in [0.2, 0.25) is 0 Å². The van der Waals surface area contributed by atoms with Crippen LogP contribution in [0.15, 0.2) is 41.6 Å². The molecule has 0 aliphatic rings. The third kappa shape index (κ3) is 3.83. The molecule has 0 radical (unpaired) electrons. The quantitative estimate of drug-likeness (QED) is 0.259. The largest absolute Gasteiger partial charge is 0.493 e. The van der Waals surface area contributed by atoms with Crippen molar-refractivity contribution in [3.63, 3.8) is 0 Å². The maximum atomic E-state index is 13.3. The van der Waals surface area contributed by atoms with Gasteiger partial charge in [-0.2, -0.15) is 5.10 Å². The van der Waals surface area contributed by atoms with E-state index in [0.717, 1.165) is 0 Å². The van der Waals surface area contributed by atoms with E-state index in [-0.39, 0.29) is 22.9 Å². The number of nitrogens with one attached hydrogen (secondary N) is 3. The highest BCUT2D eigenvalue weighted by Crippen LogP contribution is 2.36. The molecule has 5 rings (SSSR count). The third-order valence-corrected chi connectivity index (χ3v) is 5.64. The molecule has 0 fully saturated rings. The van der Waals surface area contributed by atoms with Gasteiger partial charge in [-0.3, -0.25) is 9.48 Å². The summed E-state index contributed by atoms with van der Waals surface area (Å²) >= 11 is 0. The van der Waals surface area contributed by atoms with Gasteiger partial charge in [-0.1, -0.05) is 0 Å². The van der Waals surface area contributed by atoms with Crippen molar-refractivity contribution in [3.05, 3.63) is 53.0 Å². The number of pyridine rings is 1. The Bertz CT molecular complexity index is 1550. The fourth-order valence-corrected chi connectivity index (χ4v) is 3.93. The van der Waals surface area contributed by atoms with Crippen molar-refractivity contribution in [1.82, 2.24) is 34.7 Å². The summed E-state index contributed by atoms with van der Waals surface area (Å²) in [6.07, 6.45) is 4.78. The van der Waals surface area contributed by atoms with Gasteiger partial charge in [-0.05, 0) is 19.9 Å². The van der Waals surface area contributed by atoms with Crippen LogP contribution in [0.25, 0.3) is 33.5 Å². The van der Waals surface area contributed by atoms with Gasteiger partial charge in [-0.25, -0.2) is 15.0 Å². The number of rotatable bonds is 7. The molecule has 0 saturated carbocycles. The van der Waals surface area contributed by atoms with Crippen molar-refractivity contribution in [2.45, 2.75) is 26.1 Å². The van der Waals surface area contributed by atoms with Crippen LogP contribution in [-0.4, -0.2) is 54.0 Å². The molecule has 0 bridgehead atoms. The summed E-state index contributed by atoms with van der Waals surface area (Å²) in [5, 5.41) is 18.9. The number of hydrogen-bond acceptors (Lipinski definition) is 9. The van der Waals surface area contributed by atoms with Crippen LogP contribution < -0.4 is 20.3 Å². The summed E-state index contributed by atoms with van der Waals surface area (Å²) in [5.41, 5.74) is 0.487. The summed E-state index contributed by atoms with van der Waals surface area (Å²) < 4.78 is 12.4. The van der Waals surface area contributed by atoms with Gasteiger partial charge >= 0.3 is 0 Å². The molecule has 1 aromatic carbocycles. The summed E-state index contributed by atoms with van der Waals surface area (Å²) in [6.45, 7) is 4.03. The fraction of sp³-hybridized carbons (Fsp3) is 0.261. The lowest BCUT2D eigenvalue weighted by Gasteiger charge is -2.25. The molecule has 0 aliphatic heterocycles. The van der Waals surface area contributed by atoms with Crippen LogP contribution in [0, 0.1) is 0 Å². The number of ether oxygens (including phenoxy) is 2. The molecule has 5 aromatic rings. The zero-order valence-corrected chi connectivity index (χ0v) is 19.6. The van der Waals surface area contributed by atoms with Crippen LogP contribution in [0.1, 0.15) is 19.7 Å². The number of anilines is 1. The van der Waals surface area contributed by atoms with Crippen LogP contribution in [0.4, 0.5) is 5.69 Å². The summed E-state index contributed by atoms with van der Waals surface area (Å²) in [6, 6.07) is 5.11. The molecule has 0 spiro atoms. The summed E-state index contributed by atoms with van der Waals surface area (Å²) in [5.74, 6) is 1.43. The number of hydrogen-bond donors (Lipinski definition) is 4. The lowest BCUT2D eigenvalue weighted by molar-refractivity contribution is 0.0790. The highest BCUT2D eigenvalue weighted by atomic mass is 16.5. The first kappa shape index (κ1) is 22.3. The number of methoxy groups -OCH3 is 2.